The van der Waals surface area contributed by atoms with Gasteiger partial charge in [0.25, 0.3) is 0 Å². The van der Waals surface area contributed by atoms with E-state index in [9.17, 15) is 14.4 Å². The maximum atomic E-state index is 13.4. The summed E-state index contributed by atoms with van der Waals surface area (Å²) in [7, 11) is 1.52. The van der Waals surface area contributed by atoms with Crippen LogP contribution < -0.4 is 20.7 Å². The first kappa shape index (κ1) is 22.9. The molecule has 4 rings (SSSR count). The molecular weight excluding hydrogens is 444 g/mol. The van der Waals surface area contributed by atoms with E-state index < -0.39 is 12.1 Å². The van der Waals surface area contributed by atoms with Gasteiger partial charge in [0.05, 0.1) is 25.3 Å². The molecule has 174 valence electrons. The Bertz CT molecular complexity index is 1050. The second-order valence-electron chi connectivity index (χ2n) is 8.28. The van der Waals surface area contributed by atoms with Gasteiger partial charge in [0.1, 0.15) is 11.8 Å². The molecule has 1 heterocycles. The number of nitrogens with one attached hydrogen (secondary N) is 3. The third-order valence-corrected chi connectivity index (χ3v) is 6.36. The lowest BCUT2D eigenvalue weighted by Crippen LogP contribution is -2.68. The average Bonchev–Trinajstić information content (AvgIpc) is 2.79. The minimum Gasteiger partial charge on any atom is -0.495 e. The Morgan fingerprint density at radius 3 is 2.70 bits per heavy atom. The normalized spacial score (nSPS) is 22.1. The van der Waals surface area contributed by atoms with Gasteiger partial charge in [-0.2, -0.15) is 0 Å². The van der Waals surface area contributed by atoms with Crippen LogP contribution in [0.1, 0.15) is 32.1 Å². The van der Waals surface area contributed by atoms with Crippen molar-refractivity contribution in [2.45, 2.75) is 50.2 Å². The number of carbonyl (C=O) groups is 3. The highest BCUT2D eigenvalue weighted by Crippen LogP contribution is 2.31. The van der Waals surface area contributed by atoms with Crippen LogP contribution in [0.3, 0.4) is 0 Å². The van der Waals surface area contributed by atoms with Crippen LogP contribution in [-0.2, 0) is 9.59 Å². The Kier molecular flexibility index (Phi) is 7.03. The SMILES string of the molecule is COc1ccccc1NC(=O)C[C@H]1C(=O)N[C@@H]2CCCC[C@@H]2N1C(=O)Nc1cccc(Cl)c1. The van der Waals surface area contributed by atoms with E-state index in [1.807, 2.05) is 0 Å². The molecule has 1 saturated heterocycles. The van der Waals surface area contributed by atoms with E-state index in [2.05, 4.69) is 16.0 Å². The van der Waals surface area contributed by atoms with Crippen molar-refractivity contribution in [1.29, 1.82) is 0 Å². The summed E-state index contributed by atoms with van der Waals surface area (Å²) in [6.07, 6.45) is 3.34. The summed E-state index contributed by atoms with van der Waals surface area (Å²) in [4.78, 5) is 40.8. The third kappa shape index (κ3) is 5.22. The number of hydrogen-bond acceptors (Lipinski definition) is 4. The van der Waals surface area contributed by atoms with Crippen molar-refractivity contribution in [3.8, 4) is 5.75 Å². The number of hydrogen-bond donors (Lipinski definition) is 3. The van der Waals surface area contributed by atoms with Gasteiger partial charge in [0.2, 0.25) is 11.8 Å². The predicted molar refractivity (Wildman–Crippen MR) is 127 cm³/mol. The molecule has 0 bridgehead atoms. The van der Waals surface area contributed by atoms with E-state index >= 15 is 0 Å². The molecule has 33 heavy (non-hydrogen) atoms. The second kappa shape index (κ2) is 10.1. The fourth-order valence-electron chi connectivity index (χ4n) is 4.61. The molecule has 2 aromatic carbocycles. The lowest BCUT2D eigenvalue weighted by molar-refractivity contribution is -0.135. The monoisotopic (exact) mass is 470 g/mol. The van der Waals surface area contributed by atoms with Gasteiger partial charge < -0.3 is 25.6 Å². The van der Waals surface area contributed by atoms with Gasteiger partial charge in [-0.15, -0.1) is 0 Å². The first-order chi connectivity index (χ1) is 16.0. The van der Waals surface area contributed by atoms with Crippen LogP contribution in [0, 0.1) is 0 Å². The number of urea groups is 1. The minimum absolute atomic E-state index is 0.120. The molecule has 0 radical (unpaired) electrons. The summed E-state index contributed by atoms with van der Waals surface area (Å²) < 4.78 is 5.28. The van der Waals surface area contributed by atoms with E-state index in [1.54, 1.807) is 53.4 Å². The van der Waals surface area contributed by atoms with Crippen LogP contribution in [-0.4, -0.2) is 48.0 Å². The fraction of sp³-hybridized carbons (Fsp3) is 0.375. The largest absolute Gasteiger partial charge is 0.495 e. The van der Waals surface area contributed by atoms with E-state index in [4.69, 9.17) is 16.3 Å². The number of methoxy groups -OCH3 is 1. The molecule has 0 aromatic heterocycles. The van der Waals surface area contributed by atoms with Crippen LogP contribution in [0.4, 0.5) is 16.2 Å². The van der Waals surface area contributed by atoms with Crippen molar-refractivity contribution in [3.05, 3.63) is 53.6 Å². The summed E-state index contributed by atoms with van der Waals surface area (Å²) >= 11 is 6.06. The van der Waals surface area contributed by atoms with Gasteiger partial charge in [-0.3, -0.25) is 9.59 Å². The van der Waals surface area contributed by atoms with Crippen LogP contribution in [0.2, 0.25) is 5.02 Å². The topological polar surface area (TPSA) is 99.8 Å². The van der Waals surface area contributed by atoms with Crippen molar-refractivity contribution in [1.82, 2.24) is 10.2 Å². The average molecular weight is 471 g/mol. The Balaban J connectivity index is 1.56. The smallest absolute Gasteiger partial charge is 0.322 e. The van der Waals surface area contributed by atoms with Crippen molar-refractivity contribution in [2.24, 2.45) is 0 Å². The lowest BCUT2D eigenvalue weighted by Gasteiger charge is -2.47. The molecule has 1 saturated carbocycles. The highest BCUT2D eigenvalue weighted by atomic mass is 35.5. The van der Waals surface area contributed by atoms with E-state index in [-0.39, 0.29) is 30.3 Å². The van der Waals surface area contributed by atoms with Gasteiger partial charge in [-0.1, -0.05) is 42.6 Å². The van der Waals surface area contributed by atoms with Crippen molar-refractivity contribution in [3.63, 3.8) is 0 Å². The molecule has 0 unspecified atom stereocenters. The standard InChI is InChI=1S/C24H27ClN4O4/c1-33-21-12-5-3-10-18(21)27-22(30)14-20-23(31)28-17-9-2-4-11-19(17)29(20)24(32)26-16-8-6-7-15(25)13-16/h3,5-8,10,12-13,17,19-20H,2,4,9,11,14H2,1H3,(H,26,32)(H,27,30)(H,28,31)/t17-,19+,20+/m1/s1. The zero-order valence-corrected chi connectivity index (χ0v) is 19.1. The second-order valence-corrected chi connectivity index (χ2v) is 8.72. The Morgan fingerprint density at radius 1 is 1.12 bits per heavy atom. The van der Waals surface area contributed by atoms with Gasteiger partial charge >= 0.3 is 6.03 Å². The first-order valence-corrected chi connectivity index (χ1v) is 11.4. The number of anilines is 2. The number of rotatable bonds is 5. The molecule has 2 aromatic rings. The molecule has 8 nitrogen and oxygen atoms in total. The zero-order chi connectivity index (χ0) is 23.4. The van der Waals surface area contributed by atoms with Crippen molar-refractivity contribution in [2.75, 3.05) is 17.7 Å². The van der Waals surface area contributed by atoms with Gasteiger partial charge in [-0.05, 0) is 43.2 Å². The van der Waals surface area contributed by atoms with Crippen LogP contribution in [0.5, 0.6) is 5.75 Å². The highest BCUT2D eigenvalue weighted by Gasteiger charge is 2.46. The van der Waals surface area contributed by atoms with Gasteiger partial charge in [0.15, 0.2) is 0 Å². The number of amides is 4. The van der Waals surface area contributed by atoms with E-state index in [0.717, 1.165) is 25.7 Å². The summed E-state index contributed by atoms with van der Waals surface area (Å²) in [6, 6.07) is 12.2. The quantitative estimate of drug-likeness (QED) is 0.614. The maximum Gasteiger partial charge on any atom is 0.322 e. The fourth-order valence-corrected chi connectivity index (χ4v) is 4.80. The Labute approximate surface area is 197 Å². The van der Waals surface area contributed by atoms with Crippen LogP contribution >= 0.6 is 11.6 Å². The molecule has 9 heteroatoms. The number of fused-ring (bicyclic) bond motifs is 1. The van der Waals surface area contributed by atoms with E-state index in [1.165, 1.54) is 7.11 Å². The number of para-hydroxylation sites is 2. The highest BCUT2D eigenvalue weighted by molar-refractivity contribution is 6.30. The number of carbonyl (C=O) groups excluding carboxylic acids is 3. The molecule has 3 N–H and O–H groups in total. The number of ether oxygens (including phenoxy) is 1. The van der Waals surface area contributed by atoms with Crippen molar-refractivity contribution >= 4 is 40.8 Å². The van der Waals surface area contributed by atoms with Gasteiger partial charge in [0, 0.05) is 16.8 Å². The molecule has 2 aliphatic rings. The molecule has 3 atom stereocenters. The van der Waals surface area contributed by atoms with Crippen LogP contribution in [0.25, 0.3) is 0 Å². The van der Waals surface area contributed by atoms with Crippen LogP contribution in [0.15, 0.2) is 48.5 Å². The van der Waals surface area contributed by atoms with Gasteiger partial charge in [-0.25, -0.2) is 4.79 Å². The van der Waals surface area contributed by atoms with Crippen molar-refractivity contribution < 1.29 is 19.1 Å². The summed E-state index contributed by atoms with van der Waals surface area (Å²) in [5.74, 6) is -0.189. The molecule has 4 amide bonds. The summed E-state index contributed by atoms with van der Waals surface area (Å²) in [6.45, 7) is 0. The summed E-state index contributed by atoms with van der Waals surface area (Å²) in [5, 5.41) is 9.17. The Hall–Kier alpha value is -3.26. The number of nitrogens with zero attached hydrogens (tertiary/aromatic N) is 1. The van der Waals surface area contributed by atoms with E-state index in [0.29, 0.717) is 22.1 Å². The maximum absolute atomic E-state index is 13.4. The molecule has 2 fully saturated rings. The minimum atomic E-state index is -0.932. The number of piperazine rings is 1. The molecule has 0 spiro atoms. The molecule has 1 aliphatic heterocycles. The first-order valence-electron chi connectivity index (χ1n) is 11.0. The number of halogens is 1. The molecular formula is C24H27ClN4O4. The molecule has 1 aliphatic carbocycles. The predicted octanol–water partition coefficient (Wildman–Crippen LogP) is 4.02. The summed E-state index contributed by atoms with van der Waals surface area (Å²) in [5.41, 5.74) is 1.04. The number of benzene rings is 2. The third-order valence-electron chi connectivity index (χ3n) is 6.12. The zero-order valence-electron chi connectivity index (χ0n) is 18.3. The Morgan fingerprint density at radius 2 is 1.91 bits per heavy atom. The lowest BCUT2D eigenvalue weighted by atomic mass is 9.85.